The molecule has 1 aliphatic rings. The van der Waals surface area contributed by atoms with Gasteiger partial charge in [0.2, 0.25) is 0 Å². The third-order valence-corrected chi connectivity index (χ3v) is 2.90. The van der Waals surface area contributed by atoms with Crippen molar-refractivity contribution >= 4 is 5.82 Å². The van der Waals surface area contributed by atoms with Gasteiger partial charge in [0.1, 0.15) is 12.4 Å². The molecule has 0 saturated heterocycles. The van der Waals surface area contributed by atoms with Crippen molar-refractivity contribution in [1.82, 2.24) is 4.98 Å². The fraction of sp³-hybridized carbons (Fsp3) is 0.154. The predicted molar refractivity (Wildman–Crippen MR) is 62.4 cm³/mol. The maximum absolute atomic E-state index is 13.5. The van der Waals surface area contributed by atoms with Crippen molar-refractivity contribution in [3.8, 4) is 5.75 Å². The van der Waals surface area contributed by atoms with Crippen molar-refractivity contribution in [2.75, 3.05) is 11.9 Å². The first-order valence-corrected chi connectivity index (χ1v) is 5.65. The van der Waals surface area contributed by atoms with Gasteiger partial charge in [-0.2, -0.15) is 9.37 Å². The highest BCUT2D eigenvalue weighted by Crippen LogP contribution is 2.34. The summed E-state index contributed by atoms with van der Waals surface area (Å²) in [4.78, 5) is 3.23. The fourth-order valence-corrected chi connectivity index (χ4v) is 1.99. The highest BCUT2D eigenvalue weighted by atomic mass is 19.2. The molecular formula is C13H9F3N2O. The molecule has 1 aliphatic heterocycles. The van der Waals surface area contributed by atoms with Crippen LogP contribution in [0.15, 0.2) is 30.3 Å². The number of hydrogen-bond acceptors (Lipinski definition) is 3. The van der Waals surface area contributed by atoms with Crippen LogP contribution in [0.2, 0.25) is 0 Å². The lowest BCUT2D eigenvalue weighted by Crippen LogP contribution is -2.15. The maximum atomic E-state index is 13.5. The first-order chi connectivity index (χ1) is 9.15. The molecule has 1 unspecified atom stereocenters. The normalized spacial score (nSPS) is 16.9. The standard InChI is InChI=1S/C13H9F3N2O/c14-8-5-9(15)13(18-12(8)16)17-10-6-19-11-4-2-1-3-7(10)11/h1-5,10H,6H2,(H,17,18). The number of halogens is 3. The average Bonchev–Trinajstić information content (AvgIpc) is 2.80. The molecule has 98 valence electrons. The Morgan fingerprint density at radius 2 is 1.95 bits per heavy atom. The Morgan fingerprint density at radius 3 is 2.79 bits per heavy atom. The summed E-state index contributed by atoms with van der Waals surface area (Å²) in [7, 11) is 0. The number of benzene rings is 1. The van der Waals surface area contributed by atoms with Crippen LogP contribution in [-0.4, -0.2) is 11.6 Å². The number of nitrogens with zero attached hydrogens (tertiary/aromatic N) is 1. The van der Waals surface area contributed by atoms with E-state index < -0.39 is 17.6 Å². The van der Waals surface area contributed by atoms with Gasteiger partial charge in [0.05, 0.1) is 6.04 Å². The Bertz CT molecular complexity index is 633. The van der Waals surface area contributed by atoms with E-state index in [2.05, 4.69) is 10.3 Å². The molecule has 19 heavy (non-hydrogen) atoms. The summed E-state index contributed by atoms with van der Waals surface area (Å²) in [5.74, 6) is -3.24. The summed E-state index contributed by atoms with van der Waals surface area (Å²) >= 11 is 0. The molecule has 6 heteroatoms. The largest absolute Gasteiger partial charge is 0.491 e. The Balaban J connectivity index is 1.89. The van der Waals surface area contributed by atoms with E-state index in [1.54, 1.807) is 6.07 Å². The number of ether oxygens (including phenoxy) is 1. The van der Waals surface area contributed by atoms with E-state index in [9.17, 15) is 13.2 Å². The molecule has 0 spiro atoms. The van der Waals surface area contributed by atoms with Crippen LogP contribution in [0.1, 0.15) is 11.6 Å². The molecule has 0 radical (unpaired) electrons. The van der Waals surface area contributed by atoms with E-state index in [4.69, 9.17) is 4.74 Å². The quantitative estimate of drug-likeness (QED) is 0.848. The number of nitrogens with one attached hydrogen (secondary N) is 1. The lowest BCUT2D eigenvalue weighted by Gasteiger charge is -2.13. The van der Waals surface area contributed by atoms with Gasteiger partial charge < -0.3 is 10.1 Å². The Kier molecular flexibility index (Phi) is 2.77. The molecule has 1 aromatic heterocycles. The zero-order valence-electron chi connectivity index (χ0n) is 9.66. The predicted octanol–water partition coefficient (Wildman–Crippen LogP) is 3.04. The summed E-state index contributed by atoms with van der Waals surface area (Å²) < 4.78 is 44.7. The van der Waals surface area contributed by atoms with Crippen LogP contribution < -0.4 is 10.1 Å². The van der Waals surface area contributed by atoms with E-state index in [-0.39, 0.29) is 18.5 Å². The van der Waals surface area contributed by atoms with Crippen molar-refractivity contribution in [3.63, 3.8) is 0 Å². The molecule has 0 bridgehead atoms. The second-order valence-corrected chi connectivity index (χ2v) is 4.14. The third kappa shape index (κ3) is 2.09. The SMILES string of the molecule is Fc1cc(F)c(NC2COc3ccccc32)nc1F. The van der Waals surface area contributed by atoms with Crippen LogP contribution in [0.4, 0.5) is 19.0 Å². The molecule has 1 atom stereocenters. The Labute approximate surface area is 107 Å². The van der Waals surface area contributed by atoms with Gasteiger partial charge in [-0.1, -0.05) is 18.2 Å². The number of rotatable bonds is 2. The molecule has 0 aliphatic carbocycles. The van der Waals surface area contributed by atoms with Crippen LogP contribution in [0.5, 0.6) is 5.75 Å². The molecule has 0 saturated carbocycles. The number of aromatic nitrogens is 1. The van der Waals surface area contributed by atoms with Gasteiger partial charge in [-0.05, 0) is 6.07 Å². The molecule has 2 heterocycles. The lowest BCUT2D eigenvalue weighted by molar-refractivity contribution is 0.339. The minimum absolute atomic E-state index is 0.277. The number of pyridine rings is 1. The number of fused-ring (bicyclic) bond motifs is 1. The third-order valence-electron chi connectivity index (χ3n) is 2.90. The molecular weight excluding hydrogens is 257 g/mol. The molecule has 1 aromatic carbocycles. The van der Waals surface area contributed by atoms with E-state index in [1.165, 1.54) is 0 Å². The number of anilines is 1. The molecule has 0 amide bonds. The molecule has 0 fully saturated rings. The smallest absolute Gasteiger partial charge is 0.251 e. The summed E-state index contributed by atoms with van der Waals surface area (Å²) in [6.45, 7) is 0.277. The Hall–Kier alpha value is -2.24. The summed E-state index contributed by atoms with van der Waals surface area (Å²) in [6, 6.07) is 7.36. The Morgan fingerprint density at radius 1 is 1.16 bits per heavy atom. The topological polar surface area (TPSA) is 34.1 Å². The van der Waals surface area contributed by atoms with Crippen molar-refractivity contribution in [3.05, 3.63) is 53.5 Å². The molecule has 3 nitrogen and oxygen atoms in total. The second-order valence-electron chi connectivity index (χ2n) is 4.14. The minimum Gasteiger partial charge on any atom is -0.491 e. The van der Waals surface area contributed by atoms with E-state index >= 15 is 0 Å². The van der Waals surface area contributed by atoms with Crippen molar-refractivity contribution in [2.24, 2.45) is 0 Å². The van der Waals surface area contributed by atoms with Crippen LogP contribution in [0, 0.1) is 17.6 Å². The van der Waals surface area contributed by atoms with E-state index in [1.807, 2.05) is 18.2 Å². The minimum atomic E-state index is -1.34. The number of para-hydroxylation sites is 1. The van der Waals surface area contributed by atoms with Crippen molar-refractivity contribution < 1.29 is 17.9 Å². The van der Waals surface area contributed by atoms with Gasteiger partial charge in [0.25, 0.3) is 5.95 Å². The molecule has 1 N–H and O–H groups in total. The second kappa shape index (κ2) is 4.46. The van der Waals surface area contributed by atoms with Gasteiger partial charge in [-0.3, -0.25) is 0 Å². The summed E-state index contributed by atoms with van der Waals surface area (Å²) in [5.41, 5.74) is 0.827. The van der Waals surface area contributed by atoms with E-state index in [0.29, 0.717) is 11.8 Å². The lowest BCUT2D eigenvalue weighted by atomic mass is 10.1. The monoisotopic (exact) mass is 266 g/mol. The summed E-state index contributed by atoms with van der Waals surface area (Å²) in [5, 5.41) is 2.72. The zero-order chi connectivity index (χ0) is 13.4. The van der Waals surface area contributed by atoms with Gasteiger partial charge in [0.15, 0.2) is 17.5 Å². The van der Waals surface area contributed by atoms with Gasteiger partial charge in [-0.15, -0.1) is 0 Å². The maximum Gasteiger partial charge on any atom is 0.251 e. The highest BCUT2D eigenvalue weighted by Gasteiger charge is 2.25. The van der Waals surface area contributed by atoms with Crippen LogP contribution in [0.3, 0.4) is 0 Å². The van der Waals surface area contributed by atoms with Gasteiger partial charge in [-0.25, -0.2) is 8.78 Å². The van der Waals surface area contributed by atoms with Crippen LogP contribution in [0.25, 0.3) is 0 Å². The van der Waals surface area contributed by atoms with Gasteiger partial charge in [0, 0.05) is 11.6 Å². The van der Waals surface area contributed by atoms with E-state index in [0.717, 1.165) is 5.56 Å². The fourth-order valence-electron chi connectivity index (χ4n) is 1.99. The first kappa shape index (κ1) is 11.8. The van der Waals surface area contributed by atoms with Crippen molar-refractivity contribution in [2.45, 2.75) is 6.04 Å². The molecule has 3 rings (SSSR count). The zero-order valence-corrected chi connectivity index (χ0v) is 9.66. The average molecular weight is 266 g/mol. The van der Waals surface area contributed by atoms with Crippen LogP contribution in [-0.2, 0) is 0 Å². The summed E-state index contributed by atoms with van der Waals surface area (Å²) in [6.07, 6.45) is 0. The highest BCUT2D eigenvalue weighted by molar-refractivity contribution is 5.46. The molecule has 2 aromatic rings. The van der Waals surface area contributed by atoms with Crippen molar-refractivity contribution in [1.29, 1.82) is 0 Å². The first-order valence-electron chi connectivity index (χ1n) is 5.65. The van der Waals surface area contributed by atoms with Gasteiger partial charge >= 0.3 is 0 Å². The van der Waals surface area contributed by atoms with Crippen LogP contribution >= 0.6 is 0 Å². The number of hydrogen-bond donors (Lipinski definition) is 1.